The number of aliphatic hydroxyl groups excluding tert-OH is 2. The quantitative estimate of drug-likeness (QED) is 0.267. The minimum Gasteiger partial charge on any atom is -0.507 e. The van der Waals surface area contributed by atoms with Crippen LogP contribution < -0.4 is 15.1 Å². The standard InChI is InChI=1S/C29H31NO8/c1-7-14-10-17-21(19(11-14)35-5)16-12-20(36-6)23-18(31)9-8-15(22(23)27(16)38-29(17)34)28-26(33)24(30(3)4)25(32)13(2)37-28/h7-13,24-26,28,31-33H,1H2,2-6H3/t13-,24+,25-,26+,28+/m1/s1. The Balaban J connectivity index is 1.94. The molecule has 9 heteroatoms. The fraction of sp³-hybridized carbons (Fsp3) is 0.345. The second-order valence-electron chi connectivity index (χ2n) is 9.82. The van der Waals surface area contributed by atoms with Crippen LogP contribution in [0.25, 0.3) is 38.6 Å². The molecule has 0 radical (unpaired) electrons. The topological polar surface area (TPSA) is 122 Å². The molecule has 1 aliphatic rings. The summed E-state index contributed by atoms with van der Waals surface area (Å²) in [6.45, 7) is 5.52. The van der Waals surface area contributed by atoms with E-state index >= 15 is 0 Å². The molecule has 0 spiro atoms. The third kappa shape index (κ3) is 3.82. The average Bonchev–Trinajstić information content (AvgIpc) is 2.90. The van der Waals surface area contributed by atoms with Crippen LogP contribution in [0.5, 0.6) is 17.2 Å². The first-order valence-corrected chi connectivity index (χ1v) is 12.2. The summed E-state index contributed by atoms with van der Waals surface area (Å²) in [6.07, 6.45) is -1.98. The van der Waals surface area contributed by atoms with Crippen LogP contribution in [0.2, 0.25) is 0 Å². The summed E-state index contributed by atoms with van der Waals surface area (Å²) < 4.78 is 23.4. The van der Waals surface area contributed by atoms with E-state index in [0.29, 0.717) is 49.6 Å². The summed E-state index contributed by atoms with van der Waals surface area (Å²) in [4.78, 5) is 15.1. The van der Waals surface area contributed by atoms with Crippen molar-refractivity contribution in [1.82, 2.24) is 4.90 Å². The Kier molecular flexibility index (Phi) is 6.56. The minimum atomic E-state index is -1.14. The molecule has 0 aliphatic carbocycles. The van der Waals surface area contributed by atoms with Gasteiger partial charge in [-0.2, -0.15) is 0 Å². The highest BCUT2D eigenvalue weighted by Crippen LogP contribution is 2.47. The molecular weight excluding hydrogens is 490 g/mol. The van der Waals surface area contributed by atoms with E-state index in [1.54, 1.807) is 56.3 Å². The lowest BCUT2D eigenvalue weighted by molar-refractivity contribution is -0.197. The summed E-state index contributed by atoms with van der Waals surface area (Å²) in [5.74, 6) is 0.679. The molecule has 1 aliphatic heterocycles. The van der Waals surface area contributed by atoms with Crippen LogP contribution >= 0.6 is 0 Å². The largest absolute Gasteiger partial charge is 0.507 e. The number of likely N-dealkylation sites (N-methyl/N-ethyl adjacent to an activating group) is 1. The molecule has 200 valence electrons. The Bertz CT molecular complexity index is 1630. The highest BCUT2D eigenvalue weighted by Gasteiger charge is 2.45. The first-order chi connectivity index (χ1) is 18.1. The van der Waals surface area contributed by atoms with Crippen LogP contribution in [0, 0.1) is 0 Å². The maximum Gasteiger partial charge on any atom is 0.344 e. The lowest BCUT2D eigenvalue weighted by Gasteiger charge is -2.45. The van der Waals surface area contributed by atoms with Crippen LogP contribution in [-0.4, -0.2) is 72.9 Å². The maximum atomic E-state index is 13.3. The van der Waals surface area contributed by atoms with Gasteiger partial charge in [-0.1, -0.05) is 18.7 Å². The molecule has 3 aromatic carbocycles. The van der Waals surface area contributed by atoms with Gasteiger partial charge in [0.05, 0.1) is 43.2 Å². The van der Waals surface area contributed by atoms with Crippen molar-refractivity contribution < 1.29 is 33.9 Å². The summed E-state index contributed by atoms with van der Waals surface area (Å²) >= 11 is 0. The zero-order valence-electron chi connectivity index (χ0n) is 21.9. The number of ether oxygens (including phenoxy) is 3. The fourth-order valence-electron chi connectivity index (χ4n) is 5.62. The van der Waals surface area contributed by atoms with Gasteiger partial charge in [0, 0.05) is 16.2 Å². The third-order valence-electron chi connectivity index (χ3n) is 7.45. The van der Waals surface area contributed by atoms with E-state index in [0.717, 1.165) is 0 Å². The summed E-state index contributed by atoms with van der Waals surface area (Å²) in [5.41, 5.74) is 0.747. The molecule has 5 rings (SSSR count). The van der Waals surface area contributed by atoms with Crippen molar-refractivity contribution in [1.29, 1.82) is 0 Å². The molecule has 1 saturated heterocycles. The van der Waals surface area contributed by atoms with Gasteiger partial charge in [0.25, 0.3) is 0 Å². The fourth-order valence-corrected chi connectivity index (χ4v) is 5.62. The number of benzene rings is 3. The predicted molar refractivity (Wildman–Crippen MR) is 145 cm³/mol. The number of methoxy groups -OCH3 is 2. The SMILES string of the molecule is C=Cc1cc(OC)c2c(c1)c(=O)oc1c2cc(OC)c2c(O)ccc([C@@H]3O[C@H](C)[C@@H](O)[C@H](N(C)C)[C@@H]3O)c21. The van der Waals surface area contributed by atoms with Crippen LogP contribution in [0.1, 0.15) is 24.2 Å². The predicted octanol–water partition coefficient (Wildman–Crippen LogP) is 3.58. The van der Waals surface area contributed by atoms with Crippen LogP contribution in [0.3, 0.4) is 0 Å². The molecule has 0 amide bonds. The number of hydrogen-bond donors (Lipinski definition) is 3. The third-order valence-corrected chi connectivity index (χ3v) is 7.45. The van der Waals surface area contributed by atoms with E-state index in [2.05, 4.69) is 6.58 Å². The van der Waals surface area contributed by atoms with Crippen LogP contribution in [0.15, 0.2) is 46.1 Å². The number of fused-ring (bicyclic) bond motifs is 5. The van der Waals surface area contributed by atoms with Gasteiger partial charge in [0.2, 0.25) is 0 Å². The van der Waals surface area contributed by atoms with Crippen molar-refractivity contribution in [3.05, 3.63) is 58.5 Å². The number of aromatic hydroxyl groups is 1. The highest BCUT2D eigenvalue weighted by molar-refractivity contribution is 6.19. The van der Waals surface area contributed by atoms with Gasteiger partial charge in [-0.25, -0.2) is 4.79 Å². The Morgan fingerprint density at radius 2 is 1.66 bits per heavy atom. The van der Waals surface area contributed by atoms with Crippen molar-refractivity contribution in [2.75, 3.05) is 28.3 Å². The average molecular weight is 522 g/mol. The number of phenolic OH excluding ortho intramolecular Hbond substituents is 1. The van der Waals surface area contributed by atoms with E-state index in [-0.39, 0.29) is 11.3 Å². The van der Waals surface area contributed by atoms with E-state index in [4.69, 9.17) is 18.6 Å². The number of nitrogens with zero attached hydrogens (tertiary/aromatic N) is 1. The summed E-state index contributed by atoms with van der Waals surface area (Å²) in [7, 11) is 6.54. The Morgan fingerprint density at radius 3 is 2.29 bits per heavy atom. The first-order valence-electron chi connectivity index (χ1n) is 12.2. The molecule has 2 heterocycles. The van der Waals surface area contributed by atoms with Gasteiger partial charge in [-0.3, -0.25) is 0 Å². The number of phenols is 1. The number of rotatable bonds is 5. The Hall–Kier alpha value is -3.63. The smallest absolute Gasteiger partial charge is 0.344 e. The van der Waals surface area contributed by atoms with Crippen molar-refractivity contribution in [3.8, 4) is 17.2 Å². The van der Waals surface area contributed by atoms with Gasteiger partial charge in [-0.15, -0.1) is 0 Å². The number of hydrogen-bond acceptors (Lipinski definition) is 9. The number of aliphatic hydroxyl groups is 2. The maximum absolute atomic E-state index is 13.3. The zero-order chi connectivity index (χ0) is 27.5. The van der Waals surface area contributed by atoms with E-state index in [9.17, 15) is 20.1 Å². The van der Waals surface area contributed by atoms with E-state index in [1.165, 1.54) is 20.3 Å². The van der Waals surface area contributed by atoms with Gasteiger partial charge >= 0.3 is 5.63 Å². The minimum absolute atomic E-state index is 0.0956. The first kappa shape index (κ1) is 26.0. The molecular formula is C29H31NO8. The lowest BCUT2D eigenvalue weighted by Crippen LogP contribution is -2.58. The van der Waals surface area contributed by atoms with Crippen molar-refractivity contribution in [2.24, 2.45) is 0 Å². The molecule has 0 unspecified atom stereocenters. The molecule has 4 aromatic rings. The van der Waals surface area contributed by atoms with E-state index in [1.807, 2.05) is 0 Å². The zero-order valence-corrected chi connectivity index (χ0v) is 21.9. The highest BCUT2D eigenvalue weighted by atomic mass is 16.5. The molecule has 0 saturated carbocycles. The molecule has 3 N–H and O–H groups in total. The summed E-state index contributed by atoms with van der Waals surface area (Å²) in [6, 6.07) is 7.62. The van der Waals surface area contributed by atoms with Crippen molar-refractivity contribution >= 4 is 38.6 Å². The van der Waals surface area contributed by atoms with Crippen molar-refractivity contribution in [2.45, 2.75) is 37.4 Å². The molecule has 0 bridgehead atoms. The van der Waals surface area contributed by atoms with E-state index < -0.39 is 36.1 Å². The molecule has 5 atom stereocenters. The Morgan fingerprint density at radius 1 is 0.974 bits per heavy atom. The lowest BCUT2D eigenvalue weighted by atomic mass is 9.86. The monoisotopic (exact) mass is 521 g/mol. The molecule has 1 fully saturated rings. The van der Waals surface area contributed by atoms with Gasteiger partial charge in [0.15, 0.2) is 0 Å². The summed E-state index contributed by atoms with van der Waals surface area (Å²) in [5, 5.41) is 35.1. The molecule has 38 heavy (non-hydrogen) atoms. The van der Waals surface area contributed by atoms with Gasteiger partial charge in [0.1, 0.15) is 35.0 Å². The van der Waals surface area contributed by atoms with Crippen molar-refractivity contribution in [3.63, 3.8) is 0 Å². The Labute approximate surface area is 219 Å². The second kappa shape index (κ2) is 9.59. The normalized spacial score (nSPS) is 23.8. The second-order valence-corrected chi connectivity index (χ2v) is 9.82. The van der Waals surface area contributed by atoms with Crippen LogP contribution in [-0.2, 0) is 4.74 Å². The van der Waals surface area contributed by atoms with Crippen LogP contribution in [0.4, 0.5) is 0 Å². The molecule has 9 nitrogen and oxygen atoms in total. The van der Waals surface area contributed by atoms with Gasteiger partial charge in [-0.05, 0) is 56.4 Å². The molecule has 1 aromatic heterocycles. The van der Waals surface area contributed by atoms with Gasteiger partial charge < -0.3 is 38.8 Å².